The number of rotatable bonds is 6. The van der Waals surface area contributed by atoms with Gasteiger partial charge in [-0.05, 0) is 94.1 Å². The predicted octanol–water partition coefficient (Wildman–Crippen LogP) is 6.27. The summed E-state index contributed by atoms with van der Waals surface area (Å²) in [7, 11) is 4.23. The molecule has 1 aliphatic rings. The second-order valence-corrected chi connectivity index (χ2v) is 10.1. The lowest BCUT2D eigenvalue weighted by Gasteiger charge is -2.33. The minimum absolute atomic E-state index is 0.297. The quantitative estimate of drug-likeness (QED) is 0.295. The van der Waals surface area contributed by atoms with Gasteiger partial charge in [0, 0.05) is 38.5 Å². The molecule has 4 N–H and O–H groups in total. The number of para-hydroxylation sites is 1. The number of nitrogens with two attached hydrogens (primary N) is 1. The average Bonchev–Trinajstić information content (AvgIpc) is 3.21. The summed E-state index contributed by atoms with van der Waals surface area (Å²) >= 11 is 8.03. The number of hydrogen-bond acceptors (Lipinski definition) is 5. The molecule has 4 aromatic rings. The van der Waals surface area contributed by atoms with E-state index in [-0.39, 0.29) is 0 Å². The lowest BCUT2D eigenvalue weighted by molar-refractivity contribution is 0.402. The first-order chi connectivity index (χ1) is 16.5. The van der Waals surface area contributed by atoms with Crippen molar-refractivity contribution in [2.75, 3.05) is 38.6 Å². The molecule has 0 saturated heterocycles. The molecule has 0 amide bonds. The van der Waals surface area contributed by atoms with Gasteiger partial charge in [-0.2, -0.15) is 0 Å². The summed E-state index contributed by atoms with van der Waals surface area (Å²) in [5.41, 5.74) is 10.2. The molecule has 3 aromatic carbocycles. The Morgan fingerprint density at radius 2 is 1.82 bits per heavy atom. The molecule has 0 atom stereocenters. The van der Waals surface area contributed by atoms with Crippen LogP contribution < -0.4 is 10.6 Å². The summed E-state index contributed by atoms with van der Waals surface area (Å²) in [6.07, 6.45) is 3.90. The molecule has 0 bridgehead atoms. The monoisotopic (exact) mass is 494 g/mol. The molecule has 0 aliphatic carbocycles. The maximum atomic E-state index is 9.30. The van der Waals surface area contributed by atoms with Crippen LogP contribution in [0.15, 0.2) is 76.7 Å². The van der Waals surface area contributed by atoms with Crippen molar-refractivity contribution in [3.8, 4) is 5.75 Å². The van der Waals surface area contributed by atoms with Gasteiger partial charge in [-0.15, -0.1) is 0 Å². The molecule has 2 heterocycles. The third kappa shape index (κ3) is 5.70. The Morgan fingerprint density at radius 1 is 1.03 bits per heavy atom. The summed E-state index contributed by atoms with van der Waals surface area (Å²) in [6, 6.07) is 20.1. The standard InChI is InChI=1S/C17H19ClN2S.C10H12N2O/c1-19(2)10-5-11-20-14-6-3-4-7-16(14)21-17-9-8-13(18)12-15(17)20;11-4-3-7-6-12-10-2-1-8(13)5-9(7)10/h3-4,6-9,12H,5,10-11H2,1-2H3;1-2,5-6,12-13H,3-4,11H2. The number of nitrogens with one attached hydrogen (secondary N) is 1. The SMILES string of the molecule is CN(C)CCCN1c2ccccc2Sc2ccc(Cl)cc21.NCCc1c[nH]c2ccc(O)cc12. The number of aromatic amines is 1. The van der Waals surface area contributed by atoms with E-state index in [1.807, 2.05) is 30.1 Å². The van der Waals surface area contributed by atoms with Gasteiger partial charge in [0.15, 0.2) is 0 Å². The van der Waals surface area contributed by atoms with Crippen molar-refractivity contribution in [3.05, 3.63) is 77.4 Å². The van der Waals surface area contributed by atoms with Crippen molar-refractivity contribution in [3.63, 3.8) is 0 Å². The fourth-order valence-corrected chi connectivity index (χ4v) is 5.36. The number of phenols is 1. The van der Waals surface area contributed by atoms with Crippen LogP contribution in [0, 0.1) is 0 Å². The van der Waals surface area contributed by atoms with Gasteiger partial charge >= 0.3 is 0 Å². The Kier molecular flexibility index (Phi) is 8.06. The minimum atomic E-state index is 0.297. The van der Waals surface area contributed by atoms with E-state index >= 15 is 0 Å². The van der Waals surface area contributed by atoms with Gasteiger partial charge in [0.2, 0.25) is 0 Å². The van der Waals surface area contributed by atoms with Crippen LogP contribution in [0.25, 0.3) is 10.9 Å². The summed E-state index contributed by atoms with van der Waals surface area (Å²) in [5.74, 6) is 0.297. The highest BCUT2D eigenvalue weighted by Gasteiger charge is 2.23. The van der Waals surface area contributed by atoms with Crippen molar-refractivity contribution in [2.24, 2.45) is 5.73 Å². The summed E-state index contributed by atoms with van der Waals surface area (Å²) in [4.78, 5) is 10.4. The van der Waals surface area contributed by atoms with Gasteiger partial charge in [-0.3, -0.25) is 0 Å². The highest BCUT2D eigenvalue weighted by atomic mass is 35.5. The summed E-state index contributed by atoms with van der Waals surface area (Å²) in [6.45, 7) is 2.72. The van der Waals surface area contributed by atoms with E-state index in [4.69, 9.17) is 17.3 Å². The summed E-state index contributed by atoms with van der Waals surface area (Å²) in [5, 5.41) is 11.2. The van der Waals surface area contributed by atoms with Gasteiger partial charge in [0.05, 0.1) is 11.4 Å². The average molecular weight is 495 g/mol. The predicted molar refractivity (Wildman–Crippen MR) is 145 cm³/mol. The highest BCUT2D eigenvalue weighted by Crippen LogP contribution is 2.48. The molecule has 178 valence electrons. The lowest BCUT2D eigenvalue weighted by atomic mass is 10.1. The van der Waals surface area contributed by atoms with Crippen molar-refractivity contribution in [2.45, 2.75) is 22.6 Å². The molecule has 0 fully saturated rings. The first-order valence-electron chi connectivity index (χ1n) is 11.4. The van der Waals surface area contributed by atoms with Crippen LogP contribution in [0.2, 0.25) is 5.02 Å². The molecule has 5 nitrogen and oxygen atoms in total. The Hall–Kier alpha value is -2.64. The topological polar surface area (TPSA) is 68.5 Å². The zero-order valence-electron chi connectivity index (χ0n) is 19.6. The maximum Gasteiger partial charge on any atom is 0.116 e. The van der Waals surface area contributed by atoms with E-state index < -0.39 is 0 Å². The first kappa shape index (κ1) is 24.5. The van der Waals surface area contributed by atoms with Gasteiger partial charge < -0.3 is 25.6 Å². The molecule has 1 aliphatic heterocycles. The normalized spacial score (nSPS) is 12.3. The molecule has 5 rings (SSSR count). The Labute approximate surface area is 210 Å². The number of nitrogens with zero attached hydrogens (tertiary/aromatic N) is 2. The van der Waals surface area contributed by atoms with Crippen molar-refractivity contribution < 1.29 is 5.11 Å². The first-order valence-corrected chi connectivity index (χ1v) is 12.6. The Balaban J connectivity index is 0.000000180. The van der Waals surface area contributed by atoms with Crippen LogP contribution in [-0.2, 0) is 6.42 Å². The molecule has 0 spiro atoms. The fraction of sp³-hybridized carbons (Fsp3) is 0.259. The molecular formula is C27H31ClN4OS. The number of anilines is 2. The van der Waals surface area contributed by atoms with E-state index in [2.05, 4.69) is 65.3 Å². The fourth-order valence-electron chi connectivity index (χ4n) is 4.12. The van der Waals surface area contributed by atoms with Crippen molar-refractivity contribution in [1.82, 2.24) is 9.88 Å². The number of halogens is 1. The highest BCUT2D eigenvalue weighted by molar-refractivity contribution is 7.99. The van der Waals surface area contributed by atoms with E-state index in [9.17, 15) is 5.11 Å². The molecule has 0 unspecified atom stereocenters. The number of aromatic nitrogens is 1. The van der Waals surface area contributed by atoms with Gasteiger partial charge in [0.25, 0.3) is 0 Å². The van der Waals surface area contributed by atoms with E-state index in [0.717, 1.165) is 47.4 Å². The maximum absolute atomic E-state index is 9.30. The van der Waals surface area contributed by atoms with Crippen LogP contribution in [-0.4, -0.2) is 48.7 Å². The van der Waals surface area contributed by atoms with Crippen LogP contribution in [0.3, 0.4) is 0 Å². The van der Waals surface area contributed by atoms with Crippen molar-refractivity contribution >= 4 is 45.6 Å². The van der Waals surface area contributed by atoms with Crippen LogP contribution in [0.4, 0.5) is 11.4 Å². The number of hydrogen-bond donors (Lipinski definition) is 3. The van der Waals surface area contributed by atoms with Crippen LogP contribution >= 0.6 is 23.4 Å². The minimum Gasteiger partial charge on any atom is -0.508 e. The van der Waals surface area contributed by atoms with Gasteiger partial charge in [-0.1, -0.05) is 35.5 Å². The smallest absolute Gasteiger partial charge is 0.116 e. The molecule has 0 radical (unpaired) electrons. The van der Waals surface area contributed by atoms with Crippen molar-refractivity contribution in [1.29, 1.82) is 0 Å². The van der Waals surface area contributed by atoms with Gasteiger partial charge in [0.1, 0.15) is 5.75 Å². The van der Waals surface area contributed by atoms with Crippen LogP contribution in [0.5, 0.6) is 5.75 Å². The second kappa shape index (κ2) is 11.2. The number of H-pyrrole nitrogens is 1. The van der Waals surface area contributed by atoms with E-state index in [0.29, 0.717) is 12.3 Å². The third-order valence-electron chi connectivity index (χ3n) is 5.74. The molecule has 34 heavy (non-hydrogen) atoms. The van der Waals surface area contributed by atoms with E-state index in [1.54, 1.807) is 12.1 Å². The number of phenolic OH excluding ortho intramolecular Hbond substituents is 1. The summed E-state index contributed by atoms with van der Waals surface area (Å²) < 4.78 is 0. The molecule has 1 aromatic heterocycles. The zero-order chi connectivity index (χ0) is 24.1. The Morgan fingerprint density at radius 3 is 2.62 bits per heavy atom. The van der Waals surface area contributed by atoms with E-state index in [1.165, 1.54) is 21.2 Å². The number of fused-ring (bicyclic) bond motifs is 3. The lowest BCUT2D eigenvalue weighted by Crippen LogP contribution is -2.25. The number of aromatic hydroxyl groups is 1. The van der Waals surface area contributed by atoms with Gasteiger partial charge in [-0.25, -0.2) is 0 Å². The second-order valence-electron chi connectivity index (χ2n) is 8.57. The molecule has 7 heteroatoms. The molecule has 0 saturated carbocycles. The molecular weight excluding hydrogens is 464 g/mol. The third-order valence-corrected chi connectivity index (χ3v) is 7.10. The zero-order valence-corrected chi connectivity index (χ0v) is 21.2. The Bertz CT molecular complexity index is 1260. The van der Waals surface area contributed by atoms with Crippen LogP contribution in [0.1, 0.15) is 12.0 Å². The number of benzene rings is 3. The largest absolute Gasteiger partial charge is 0.508 e.